The maximum atomic E-state index is 13.4. The summed E-state index contributed by atoms with van der Waals surface area (Å²) in [5, 5.41) is 3.07. The van der Waals surface area contributed by atoms with Crippen LogP contribution in [0.15, 0.2) is 66.7 Å². The van der Waals surface area contributed by atoms with E-state index in [2.05, 4.69) is 65.4 Å². The highest BCUT2D eigenvalue weighted by Gasteiger charge is 2.19. The van der Waals surface area contributed by atoms with Gasteiger partial charge in [-0.15, -0.1) is 0 Å². The molecule has 4 rings (SSSR count). The number of carbonyl (C=O) groups is 1. The molecule has 3 aromatic carbocycles. The van der Waals surface area contributed by atoms with Gasteiger partial charge in [0, 0.05) is 56.8 Å². The van der Waals surface area contributed by atoms with Gasteiger partial charge in [0.25, 0.3) is 5.91 Å². The maximum Gasteiger partial charge on any atom is 0.256 e. The highest BCUT2D eigenvalue weighted by molar-refractivity contribution is 6.09. The Balaban J connectivity index is 1.47. The fourth-order valence-electron chi connectivity index (χ4n) is 4.63. The summed E-state index contributed by atoms with van der Waals surface area (Å²) >= 11 is 0. The Hall–Kier alpha value is -3.35. The molecule has 0 atom stereocenters. The van der Waals surface area contributed by atoms with Gasteiger partial charge in [0.15, 0.2) is 0 Å². The summed E-state index contributed by atoms with van der Waals surface area (Å²) in [5.41, 5.74) is 5.55. The lowest BCUT2D eigenvalue weighted by molar-refractivity contribution is 0.102. The van der Waals surface area contributed by atoms with Crippen molar-refractivity contribution in [3.05, 3.63) is 77.9 Å². The van der Waals surface area contributed by atoms with Crippen LogP contribution in [0.5, 0.6) is 5.75 Å². The van der Waals surface area contributed by atoms with Gasteiger partial charge < -0.3 is 19.7 Å². The zero-order chi connectivity index (χ0) is 25.5. The molecule has 0 aliphatic carbocycles. The van der Waals surface area contributed by atoms with Gasteiger partial charge in [0.2, 0.25) is 0 Å². The van der Waals surface area contributed by atoms with E-state index < -0.39 is 0 Å². The first kappa shape index (κ1) is 25.7. The van der Waals surface area contributed by atoms with Gasteiger partial charge in [-0.3, -0.25) is 9.69 Å². The van der Waals surface area contributed by atoms with Gasteiger partial charge in [-0.25, -0.2) is 0 Å². The van der Waals surface area contributed by atoms with E-state index in [0.29, 0.717) is 17.2 Å². The molecule has 6 nitrogen and oxygen atoms in total. The zero-order valence-corrected chi connectivity index (χ0v) is 21.8. The normalized spacial score (nSPS) is 14.2. The van der Waals surface area contributed by atoms with Gasteiger partial charge in [0.1, 0.15) is 5.75 Å². The summed E-state index contributed by atoms with van der Waals surface area (Å²) in [7, 11) is 3.38. The van der Waals surface area contributed by atoms with Gasteiger partial charge >= 0.3 is 0 Å². The van der Waals surface area contributed by atoms with Gasteiger partial charge in [-0.2, -0.15) is 0 Å². The highest BCUT2D eigenvalue weighted by Crippen LogP contribution is 2.35. The number of benzene rings is 3. The third kappa shape index (κ3) is 6.07. The molecule has 3 aromatic rings. The van der Waals surface area contributed by atoms with Crippen molar-refractivity contribution in [3.8, 4) is 16.9 Å². The van der Waals surface area contributed by atoms with Crippen molar-refractivity contribution in [3.63, 3.8) is 0 Å². The molecule has 36 heavy (non-hydrogen) atoms. The third-order valence-corrected chi connectivity index (χ3v) is 6.83. The van der Waals surface area contributed by atoms with Crippen LogP contribution in [0.3, 0.4) is 0 Å². The number of piperazine rings is 1. The average Bonchev–Trinajstić information content (AvgIpc) is 2.92. The van der Waals surface area contributed by atoms with E-state index in [0.717, 1.165) is 56.1 Å². The smallest absolute Gasteiger partial charge is 0.256 e. The average molecular weight is 488 g/mol. The van der Waals surface area contributed by atoms with Crippen LogP contribution in [0, 0.1) is 0 Å². The van der Waals surface area contributed by atoms with Crippen molar-refractivity contribution in [2.45, 2.75) is 19.8 Å². The first-order valence-electron chi connectivity index (χ1n) is 12.6. The van der Waals surface area contributed by atoms with Gasteiger partial charge in [-0.05, 0) is 53.4 Å². The summed E-state index contributed by atoms with van der Waals surface area (Å²) < 4.78 is 10.8. The standard InChI is InChI=1S/C30H37N3O3/c1-22(2)23-8-10-24(11-9-23)29-27(6-5-7-28(29)36-4)30(34)31-25-12-14-26(15-13-25)33-18-16-32(17-19-33)20-21-35-3/h5-15,22H,16-21H2,1-4H3,(H,31,34). The van der Waals surface area contributed by atoms with E-state index in [9.17, 15) is 4.79 Å². The van der Waals surface area contributed by atoms with Crippen LogP contribution in [-0.2, 0) is 4.74 Å². The summed E-state index contributed by atoms with van der Waals surface area (Å²) in [4.78, 5) is 18.2. The minimum atomic E-state index is -0.156. The summed E-state index contributed by atoms with van der Waals surface area (Å²) in [6, 6.07) is 22.1. The van der Waals surface area contributed by atoms with Crippen molar-refractivity contribution in [1.29, 1.82) is 0 Å². The number of hydrogen-bond donors (Lipinski definition) is 1. The molecule has 1 saturated heterocycles. The van der Waals surface area contributed by atoms with E-state index in [1.54, 1.807) is 14.2 Å². The second-order valence-electron chi connectivity index (χ2n) is 9.48. The van der Waals surface area contributed by atoms with Crippen molar-refractivity contribution in [1.82, 2.24) is 4.90 Å². The van der Waals surface area contributed by atoms with Crippen LogP contribution in [0.1, 0.15) is 35.7 Å². The molecule has 1 heterocycles. The Bertz CT molecular complexity index is 1140. The van der Waals surface area contributed by atoms with Crippen LogP contribution in [0.2, 0.25) is 0 Å². The lowest BCUT2D eigenvalue weighted by atomic mass is 9.95. The molecule has 190 valence electrons. The molecule has 6 heteroatoms. The molecule has 0 saturated carbocycles. The number of ether oxygens (including phenoxy) is 2. The molecular formula is C30H37N3O3. The Morgan fingerprint density at radius 1 is 0.917 bits per heavy atom. The molecule has 1 aliphatic rings. The van der Waals surface area contributed by atoms with E-state index in [-0.39, 0.29) is 5.91 Å². The largest absolute Gasteiger partial charge is 0.496 e. The fraction of sp³-hybridized carbons (Fsp3) is 0.367. The predicted octanol–water partition coefficient (Wildman–Crippen LogP) is 5.51. The summed E-state index contributed by atoms with van der Waals surface area (Å²) in [5.74, 6) is 0.971. The molecule has 1 amide bonds. The molecule has 1 aliphatic heterocycles. The number of amides is 1. The van der Waals surface area contributed by atoms with Crippen LogP contribution in [0.25, 0.3) is 11.1 Å². The lowest BCUT2D eigenvalue weighted by Gasteiger charge is -2.36. The van der Waals surface area contributed by atoms with Crippen LogP contribution >= 0.6 is 0 Å². The van der Waals surface area contributed by atoms with Crippen molar-refractivity contribution >= 4 is 17.3 Å². The van der Waals surface area contributed by atoms with E-state index in [4.69, 9.17) is 9.47 Å². The van der Waals surface area contributed by atoms with Crippen LogP contribution < -0.4 is 15.0 Å². The molecular weight excluding hydrogens is 450 g/mol. The minimum absolute atomic E-state index is 0.156. The Morgan fingerprint density at radius 2 is 1.61 bits per heavy atom. The predicted molar refractivity (Wildman–Crippen MR) is 147 cm³/mol. The minimum Gasteiger partial charge on any atom is -0.496 e. The maximum absolute atomic E-state index is 13.4. The molecule has 1 fully saturated rings. The Labute approximate surface area is 214 Å². The topological polar surface area (TPSA) is 54.0 Å². The molecule has 0 bridgehead atoms. The lowest BCUT2D eigenvalue weighted by Crippen LogP contribution is -2.47. The number of anilines is 2. The molecule has 1 N–H and O–H groups in total. The Morgan fingerprint density at radius 3 is 2.22 bits per heavy atom. The zero-order valence-electron chi connectivity index (χ0n) is 21.8. The van der Waals surface area contributed by atoms with E-state index in [1.165, 1.54) is 11.3 Å². The second kappa shape index (κ2) is 12.1. The quantitative estimate of drug-likeness (QED) is 0.432. The first-order valence-corrected chi connectivity index (χ1v) is 12.6. The Kier molecular flexibility index (Phi) is 8.62. The molecule has 0 spiro atoms. The fourth-order valence-corrected chi connectivity index (χ4v) is 4.63. The van der Waals surface area contributed by atoms with Crippen molar-refractivity contribution in [2.24, 2.45) is 0 Å². The molecule has 0 radical (unpaired) electrons. The first-order chi connectivity index (χ1) is 17.5. The van der Waals surface area contributed by atoms with Crippen molar-refractivity contribution < 1.29 is 14.3 Å². The molecule has 0 aromatic heterocycles. The monoisotopic (exact) mass is 487 g/mol. The second-order valence-corrected chi connectivity index (χ2v) is 9.48. The SMILES string of the molecule is COCCN1CCN(c2ccc(NC(=O)c3cccc(OC)c3-c3ccc(C(C)C)cc3)cc2)CC1. The number of methoxy groups -OCH3 is 2. The molecule has 0 unspecified atom stereocenters. The third-order valence-electron chi connectivity index (χ3n) is 6.83. The van der Waals surface area contributed by atoms with E-state index >= 15 is 0 Å². The van der Waals surface area contributed by atoms with Crippen LogP contribution in [-0.4, -0.2) is 64.4 Å². The summed E-state index contributed by atoms with van der Waals surface area (Å²) in [6.07, 6.45) is 0. The number of carbonyl (C=O) groups excluding carboxylic acids is 1. The number of nitrogens with one attached hydrogen (secondary N) is 1. The number of rotatable bonds is 9. The summed E-state index contributed by atoms with van der Waals surface area (Å²) in [6.45, 7) is 10.1. The van der Waals surface area contributed by atoms with Crippen LogP contribution in [0.4, 0.5) is 11.4 Å². The van der Waals surface area contributed by atoms with Gasteiger partial charge in [0.05, 0.1) is 19.3 Å². The highest BCUT2D eigenvalue weighted by atomic mass is 16.5. The van der Waals surface area contributed by atoms with E-state index in [1.807, 2.05) is 30.3 Å². The number of nitrogens with zero attached hydrogens (tertiary/aromatic N) is 2. The van der Waals surface area contributed by atoms with Gasteiger partial charge in [-0.1, -0.05) is 44.2 Å². The van der Waals surface area contributed by atoms with Crippen molar-refractivity contribution in [2.75, 3.05) is 63.8 Å². The number of hydrogen-bond acceptors (Lipinski definition) is 5.